The first-order valence-electron chi connectivity index (χ1n) is 6.01. The highest BCUT2D eigenvalue weighted by atomic mass is 32.1. The number of imidazole rings is 1. The molecule has 108 valence electrons. The summed E-state index contributed by atoms with van der Waals surface area (Å²) in [5, 5.41) is 0. The van der Waals surface area contributed by atoms with Crippen LogP contribution in [0.5, 0.6) is 5.88 Å². The molecule has 0 atom stereocenters. The normalized spacial score (nSPS) is 11.0. The van der Waals surface area contributed by atoms with Crippen molar-refractivity contribution in [3.05, 3.63) is 46.5 Å². The Bertz CT molecular complexity index is 874. The number of benzene rings is 1. The second-order valence-corrected chi connectivity index (χ2v) is 4.73. The smallest absolute Gasteiger partial charge is 0.242 e. The van der Waals surface area contributed by atoms with E-state index in [2.05, 4.69) is 15.0 Å². The van der Waals surface area contributed by atoms with Crippen LogP contribution in [0.25, 0.3) is 11.2 Å². The van der Waals surface area contributed by atoms with Crippen molar-refractivity contribution >= 4 is 23.4 Å². The van der Waals surface area contributed by atoms with Crippen LogP contribution in [-0.4, -0.2) is 26.6 Å². The molecule has 3 aromatic rings. The molecule has 0 aliphatic carbocycles. The number of halogens is 2. The maximum atomic E-state index is 13.3. The minimum atomic E-state index is -0.897. The molecule has 0 amide bonds. The molecule has 2 heterocycles. The van der Waals surface area contributed by atoms with Crippen LogP contribution in [0.4, 0.5) is 8.78 Å². The van der Waals surface area contributed by atoms with Crippen molar-refractivity contribution in [3.8, 4) is 5.88 Å². The van der Waals surface area contributed by atoms with Crippen LogP contribution in [0.2, 0.25) is 0 Å². The molecule has 21 heavy (non-hydrogen) atoms. The monoisotopic (exact) mass is 308 g/mol. The topological polar surface area (TPSA) is 55.7 Å². The molecule has 0 saturated carbocycles. The number of ether oxygens (including phenoxy) is 1. The Balaban J connectivity index is 2.10. The molecule has 0 aliphatic heterocycles. The van der Waals surface area contributed by atoms with Crippen LogP contribution in [-0.2, 0) is 6.54 Å². The van der Waals surface area contributed by atoms with E-state index in [1.54, 1.807) is 4.57 Å². The van der Waals surface area contributed by atoms with Gasteiger partial charge in [0.05, 0.1) is 13.7 Å². The fourth-order valence-electron chi connectivity index (χ4n) is 2.07. The summed E-state index contributed by atoms with van der Waals surface area (Å²) in [6.07, 6.45) is 1.35. The summed E-state index contributed by atoms with van der Waals surface area (Å²) >= 11 is 5.23. The third-order valence-electron chi connectivity index (χ3n) is 3.04. The van der Waals surface area contributed by atoms with Crippen molar-refractivity contribution < 1.29 is 13.5 Å². The summed E-state index contributed by atoms with van der Waals surface area (Å²) in [5.41, 5.74) is 1.67. The van der Waals surface area contributed by atoms with Crippen molar-refractivity contribution in [2.45, 2.75) is 6.54 Å². The molecule has 5 nitrogen and oxygen atoms in total. The van der Waals surface area contributed by atoms with Gasteiger partial charge in [-0.1, -0.05) is 6.07 Å². The Kier molecular flexibility index (Phi) is 3.38. The van der Waals surface area contributed by atoms with Gasteiger partial charge in [-0.2, -0.15) is 4.98 Å². The summed E-state index contributed by atoms with van der Waals surface area (Å²) in [6, 6.07) is 3.71. The summed E-state index contributed by atoms with van der Waals surface area (Å²) in [4.78, 5) is 11.1. The SMILES string of the molecule is COc1ncnc2c1[nH]c(=S)n2Cc1ccc(F)c(F)c1. The number of nitrogens with zero attached hydrogens (tertiary/aromatic N) is 3. The molecule has 1 N–H and O–H groups in total. The summed E-state index contributed by atoms with van der Waals surface area (Å²) in [7, 11) is 1.49. The van der Waals surface area contributed by atoms with Crippen LogP contribution in [0.1, 0.15) is 5.56 Å². The lowest BCUT2D eigenvalue weighted by atomic mass is 10.2. The van der Waals surface area contributed by atoms with Crippen LogP contribution in [0.3, 0.4) is 0 Å². The molecule has 0 radical (unpaired) electrons. The van der Waals surface area contributed by atoms with Gasteiger partial charge in [-0.15, -0.1) is 0 Å². The number of hydrogen-bond donors (Lipinski definition) is 1. The summed E-state index contributed by atoms with van der Waals surface area (Å²) in [5.74, 6) is -1.41. The second-order valence-electron chi connectivity index (χ2n) is 4.35. The van der Waals surface area contributed by atoms with E-state index < -0.39 is 11.6 Å². The largest absolute Gasteiger partial charge is 0.479 e. The van der Waals surface area contributed by atoms with E-state index in [-0.39, 0.29) is 6.54 Å². The average Bonchev–Trinajstić information content (AvgIpc) is 2.79. The number of methoxy groups -OCH3 is 1. The Morgan fingerprint density at radius 3 is 2.81 bits per heavy atom. The standard InChI is InChI=1S/C13H10F2N4OS/c1-20-12-10-11(16-6-17-12)19(13(21)18-10)5-7-2-3-8(14)9(15)4-7/h2-4,6H,5H2,1H3,(H,18,21). The van der Waals surface area contributed by atoms with E-state index in [0.29, 0.717) is 27.4 Å². The maximum absolute atomic E-state index is 13.3. The van der Waals surface area contributed by atoms with Crippen molar-refractivity contribution in [1.29, 1.82) is 0 Å². The predicted molar refractivity (Wildman–Crippen MR) is 74.7 cm³/mol. The lowest BCUT2D eigenvalue weighted by molar-refractivity contribution is 0.401. The molecule has 0 aliphatic rings. The highest BCUT2D eigenvalue weighted by molar-refractivity contribution is 7.71. The number of fused-ring (bicyclic) bond motifs is 1. The molecule has 2 aromatic heterocycles. The first-order valence-corrected chi connectivity index (χ1v) is 6.42. The zero-order valence-corrected chi connectivity index (χ0v) is 11.7. The highest BCUT2D eigenvalue weighted by Crippen LogP contribution is 2.21. The molecular weight excluding hydrogens is 298 g/mol. The molecule has 8 heteroatoms. The van der Waals surface area contributed by atoms with E-state index in [0.717, 1.165) is 12.1 Å². The zero-order valence-electron chi connectivity index (χ0n) is 10.9. The van der Waals surface area contributed by atoms with Gasteiger partial charge in [0.15, 0.2) is 22.1 Å². The molecule has 1 aromatic carbocycles. The predicted octanol–water partition coefficient (Wildman–Crippen LogP) is 2.82. The van der Waals surface area contributed by atoms with Gasteiger partial charge >= 0.3 is 0 Å². The molecule has 0 unspecified atom stereocenters. The lowest BCUT2D eigenvalue weighted by Crippen LogP contribution is -2.02. The van der Waals surface area contributed by atoms with Crippen molar-refractivity contribution in [3.63, 3.8) is 0 Å². The summed E-state index contributed by atoms with van der Waals surface area (Å²) < 4.78 is 33.4. The molecule has 0 bridgehead atoms. The van der Waals surface area contributed by atoms with Gasteiger partial charge < -0.3 is 9.72 Å². The van der Waals surface area contributed by atoms with Gasteiger partial charge in [0.1, 0.15) is 11.8 Å². The number of hydrogen-bond acceptors (Lipinski definition) is 4. The summed E-state index contributed by atoms with van der Waals surface area (Å²) in [6.45, 7) is 0.260. The van der Waals surface area contributed by atoms with Gasteiger partial charge in [-0.3, -0.25) is 4.57 Å². The van der Waals surface area contributed by atoms with Gasteiger partial charge in [-0.05, 0) is 29.9 Å². The van der Waals surface area contributed by atoms with E-state index in [9.17, 15) is 8.78 Å². The maximum Gasteiger partial charge on any atom is 0.242 e. The van der Waals surface area contributed by atoms with Crippen LogP contribution >= 0.6 is 12.2 Å². The first-order chi connectivity index (χ1) is 10.1. The Morgan fingerprint density at radius 1 is 1.29 bits per heavy atom. The third-order valence-corrected chi connectivity index (χ3v) is 3.37. The zero-order chi connectivity index (χ0) is 15.0. The lowest BCUT2D eigenvalue weighted by Gasteiger charge is -2.05. The molecule has 0 spiro atoms. The first kappa shape index (κ1) is 13.6. The van der Waals surface area contributed by atoms with E-state index in [1.807, 2.05) is 0 Å². The van der Waals surface area contributed by atoms with Gasteiger partial charge in [0.2, 0.25) is 5.88 Å². The number of aromatic nitrogens is 4. The van der Waals surface area contributed by atoms with Gasteiger partial charge in [0.25, 0.3) is 0 Å². The molecule has 0 saturated heterocycles. The number of aromatic amines is 1. The highest BCUT2D eigenvalue weighted by Gasteiger charge is 2.12. The number of H-pyrrole nitrogens is 1. The minimum Gasteiger partial charge on any atom is -0.479 e. The Labute approximate surface area is 123 Å². The average molecular weight is 308 g/mol. The van der Waals surface area contributed by atoms with E-state index in [1.165, 1.54) is 19.5 Å². The van der Waals surface area contributed by atoms with Crippen LogP contribution in [0, 0.1) is 16.4 Å². The van der Waals surface area contributed by atoms with Gasteiger partial charge in [0, 0.05) is 0 Å². The van der Waals surface area contributed by atoms with Gasteiger partial charge in [-0.25, -0.2) is 13.8 Å². The third kappa shape index (κ3) is 2.38. The minimum absolute atomic E-state index is 0.260. The van der Waals surface area contributed by atoms with E-state index in [4.69, 9.17) is 17.0 Å². The number of nitrogens with one attached hydrogen (secondary N) is 1. The number of rotatable bonds is 3. The van der Waals surface area contributed by atoms with Crippen LogP contribution < -0.4 is 4.74 Å². The fourth-order valence-corrected chi connectivity index (χ4v) is 2.32. The van der Waals surface area contributed by atoms with Crippen molar-refractivity contribution in [1.82, 2.24) is 19.5 Å². The molecular formula is C13H10F2N4OS. The molecule has 3 rings (SSSR count). The Hall–Kier alpha value is -2.35. The molecule has 0 fully saturated rings. The van der Waals surface area contributed by atoms with Crippen LogP contribution in [0.15, 0.2) is 24.5 Å². The quantitative estimate of drug-likeness (QED) is 0.756. The second kappa shape index (κ2) is 5.21. The van der Waals surface area contributed by atoms with Crippen molar-refractivity contribution in [2.75, 3.05) is 7.11 Å². The Morgan fingerprint density at radius 2 is 2.10 bits per heavy atom. The fraction of sp³-hybridized carbons (Fsp3) is 0.154. The van der Waals surface area contributed by atoms with E-state index >= 15 is 0 Å². The van der Waals surface area contributed by atoms with Crippen molar-refractivity contribution in [2.24, 2.45) is 0 Å².